The second-order valence-corrected chi connectivity index (χ2v) is 4.81. The molecule has 0 aliphatic carbocycles. The molecule has 1 rings (SSSR count). The molecule has 1 aliphatic rings. The van der Waals surface area contributed by atoms with Crippen molar-refractivity contribution in [1.29, 1.82) is 0 Å². The van der Waals surface area contributed by atoms with Crippen LogP contribution >= 0.6 is 23.5 Å². The first kappa shape index (κ1) is 8.94. The van der Waals surface area contributed by atoms with Crippen LogP contribution in [0.4, 0.5) is 0 Å². The lowest BCUT2D eigenvalue weighted by Crippen LogP contribution is -1.80. The SMILES string of the molecule is O=C/C=C/C=C/C1SCCS1. The molecule has 1 saturated heterocycles. The second-order valence-electron chi connectivity index (χ2n) is 2.02. The summed E-state index contributed by atoms with van der Waals surface area (Å²) in [5, 5.41) is 0. The molecule has 0 unspecified atom stereocenters. The molecule has 0 atom stereocenters. The Hall–Kier alpha value is -0.150. The highest BCUT2D eigenvalue weighted by molar-refractivity contribution is 8.20. The number of carbonyl (C=O) groups is 1. The highest BCUT2D eigenvalue weighted by Crippen LogP contribution is 2.32. The average molecular weight is 186 g/mol. The van der Waals surface area contributed by atoms with Crippen LogP contribution < -0.4 is 0 Å². The van der Waals surface area contributed by atoms with Gasteiger partial charge in [-0.2, -0.15) is 0 Å². The van der Waals surface area contributed by atoms with Crippen LogP contribution in [0.3, 0.4) is 0 Å². The van der Waals surface area contributed by atoms with E-state index in [1.807, 2.05) is 29.6 Å². The predicted molar refractivity (Wildman–Crippen MR) is 53.0 cm³/mol. The molecular weight excluding hydrogens is 176 g/mol. The highest BCUT2D eigenvalue weighted by atomic mass is 32.2. The first-order valence-corrected chi connectivity index (χ1v) is 5.55. The van der Waals surface area contributed by atoms with Gasteiger partial charge in [0.1, 0.15) is 6.29 Å². The number of allylic oxidation sites excluding steroid dienone is 3. The maximum Gasteiger partial charge on any atom is 0.142 e. The minimum Gasteiger partial charge on any atom is -0.299 e. The van der Waals surface area contributed by atoms with Gasteiger partial charge in [-0.05, 0) is 6.08 Å². The summed E-state index contributed by atoms with van der Waals surface area (Å²) in [7, 11) is 0. The van der Waals surface area contributed by atoms with Crippen LogP contribution in [-0.2, 0) is 4.79 Å². The Balaban J connectivity index is 2.22. The van der Waals surface area contributed by atoms with E-state index in [2.05, 4.69) is 6.08 Å². The summed E-state index contributed by atoms with van der Waals surface area (Å²) in [6.45, 7) is 0. The van der Waals surface area contributed by atoms with Crippen molar-refractivity contribution >= 4 is 29.8 Å². The summed E-state index contributed by atoms with van der Waals surface area (Å²) in [6, 6.07) is 0. The lowest BCUT2D eigenvalue weighted by atomic mass is 10.4. The Morgan fingerprint density at radius 3 is 2.45 bits per heavy atom. The lowest BCUT2D eigenvalue weighted by Gasteiger charge is -1.96. The molecule has 11 heavy (non-hydrogen) atoms. The van der Waals surface area contributed by atoms with Crippen LogP contribution in [0.25, 0.3) is 0 Å². The Morgan fingerprint density at radius 1 is 1.09 bits per heavy atom. The Kier molecular flexibility index (Phi) is 4.47. The van der Waals surface area contributed by atoms with E-state index in [0.29, 0.717) is 4.58 Å². The fraction of sp³-hybridized carbons (Fsp3) is 0.375. The van der Waals surface area contributed by atoms with Crippen LogP contribution in [0.2, 0.25) is 0 Å². The molecule has 3 heteroatoms. The minimum atomic E-state index is 0.603. The van der Waals surface area contributed by atoms with Gasteiger partial charge in [0.05, 0.1) is 4.58 Å². The van der Waals surface area contributed by atoms with E-state index < -0.39 is 0 Å². The molecular formula is C8H10OS2. The zero-order valence-corrected chi connectivity index (χ0v) is 7.74. The van der Waals surface area contributed by atoms with Crippen molar-refractivity contribution in [3.8, 4) is 0 Å². The van der Waals surface area contributed by atoms with Crippen LogP contribution in [0.5, 0.6) is 0 Å². The van der Waals surface area contributed by atoms with Gasteiger partial charge in [-0.3, -0.25) is 4.79 Å². The summed E-state index contributed by atoms with van der Waals surface area (Å²) in [6.07, 6.45) is 8.12. The van der Waals surface area contributed by atoms with E-state index in [-0.39, 0.29) is 0 Å². The van der Waals surface area contributed by atoms with Gasteiger partial charge in [0.15, 0.2) is 0 Å². The first-order chi connectivity index (χ1) is 5.43. The van der Waals surface area contributed by atoms with Gasteiger partial charge in [0.25, 0.3) is 0 Å². The molecule has 1 aliphatic heterocycles. The number of hydrogen-bond donors (Lipinski definition) is 0. The molecule has 0 aromatic heterocycles. The number of hydrogen-bond acceptors (Lipinski definition) is 3. The van der Waals surface area contributed by atoms with Gasteiger partial charge in [-0.25, -0.2) is 0 Å². The third-order valence-corrected chi connectivity index (χ3v) is 4.14. The molecule has 1 nitrogen and oxygen atoms in total. The van der Waals surface area contributed by atoms with Crippen LogP contribution in [0.1, 0.15) is 0 Å². The van der Waals surface area contributed by atoms with Gasteiger partial charge in [0, 0.05) is 11.5 Å². The Labute approximate surface area is 75.3 Å². The third kappa shape index (κ3) is 3.68. The van der Waals surface area contributed by atoms with Gasteiger partial charge in [0.2, 0.25) is 0 Å². The van der Waals surface area contributed by atoms with Gasteiger partial charge < -0.3 is 0 Å². The summed E-state index contributed by atoms with van der Waals surface area (Å²) in [4.78, 5) is 9.87. The molecule has 0 saturated carbocycles. The largest absolute Gasteiger partial charge is 0.299 e. The molecule has 1 fully saturated rings. The van der Waals surface area contributed by atoms with E-state index in [1.165, 1.54) is 17.6 Å². The van der Waals surface area contributed by atoms with Gasteiger partial charge in [-0.15, -0.1) is 23.5 Å². The smallest absolute Gasteiger partial charge is 0.142 e. The average Bonchev–Trinajstić information content (AvgIpc) is 2.50. The van der Waals surface area contributed by atoms with E-state index in [1.54, 1.807) is 6.08 Å². The molecule has 0 amide bonds. The van der Waals surface area contributed by atoms with Crippen molar-refractivity contribution in [1.82, 2.24) is 0 Å². The summed E-state index contributed by atoms with van der Waals surface area (Å²) >= 11 is 3.91. The molecule has 0 N–H and O–H groups in total. The second kappa shape index (κ2) is 5.49. The van der Waals surface area contributed by atoms with Crippen LogP contribution in [0, 0.1) is 0 Å². The molecule has 0 aromatic rings. The number of aldehydes is 1. The molecule has 0 spiro atoms. The van der Waals surface area contributed by atoms with Crippen molar-refractivity contribution < 1.29 is 4.79 Å². The summed E-state index contributed by atoms with van der Waals surface area (Å²) in [5.41, 5.74) is 0. The van der Waals surface area contributed by atoms with Crippen molar-refractivity contribution in [3.05, 3.63) is 24.3 Å². The van der Waals surface area contributed by atoms with E-state index in [9.17, 15) is 4.79 Å². The number of carbonyl (C=O) groups excluding carboxylic acids is 1. The Bertz CT molecular complexity index is 169. The van der Waals surface area contributed by atoms with Crippen LogP contribution in [0.15, 0.2) is 24.3 Å². The van der Waals surface area contributed by atoms with Gasteiger partial charge >= 0.3 is 0 Å². The molecule has 0 aromatic carbocycles. The molecule has 0 radical (unpaired) electrons. The number of thioether (sulfide) groups is 2. The normalized spacial score (nSPS) is 20.4. The first-order valence-electron chi connectivity index (χ1n) is 3.45. The fourth-order valence-electron chi connectivity index (χ4n) is 0.752. The molecule has 1 heterocycles. The maximum absolute atomic E-state index is 9.87. The van der Waals surface area contributed by atoms with Gasteiger partial charge in [-0.1, -0.05) is 18.2 Å². The maximum atomic E-state index is 9.87. The topological polar surface area (TPSA) is 17.1 Å². The quantitative estimate of drug-likeness (QED) is 0.382. The molecule has 60 valence electrons. The lowest BCUT2D eigenvalue weighted by molar-refractivity contribution is -0.104. The monoisotopic (exact) mass is 186 g/mol. The standard InChI is InChI=1S/C8H10OS2/c9-5-3-1-2-4-8-10-6-7-11-8/h1-5,8H,6-7H2/b3-1+,4-2+. The predicted octanol–water partition coefficient (Wildman–Crippen LogP) is 2.10. The zero-order chi connectivity index (χ0) is 7.94. The summed E-state index contributed by atoms with van der Waals surface area (Å²) < 4.78 is 0.603. The summed E-state index contributed by atoms with van der Waals surface area (Å²) in [5.74, 6) is 2.49. The zero-order valence-electron chi connectivity index (χ0n) is 6.10. The van der Waals surface area contributed by atoms with Crippen molar-refractivity contribution in [2.45, 2.75) is 4.58 Å². The third-order valence-electron chi connectivity index (χ3n) is 1.22. The van der Waals surface area contributed by atoms with Crippen LogP contribution in [-0.4, -0.2) is 22.4 Å². The van der Waals surface area contributed by atoms with E-state index in [4.69, 9.17) is 0 Å². The highest BCUT2D eigenvalue weighted by Gasteiger charge is 2.11. The Morgan fingerprint density at radius 2 is 1.82 bits per heavy atom. The fourth-order valence-corrected chi connectivity index (χ4v) is 3.35. The minimum absolute atomic E-state index is 0.603. The number of rotatable bonds is 3. The van der Waals surface area contributed by atoms with Crippen molar-refractivity contribution in [2.75, 3.05) is 11.5 Å². The van der Waals surface area contributed by atoms with E-state index in [0.717, 1.165) is 6.29 Å². The molecule has 0 bridgehead atoms. The van der Waals surface area contributed by atoms with Crippen molar-refractivity contribution in [3.63, 3.8) is 0 Å². The van der Waals surface area contributed by atoms with E-state index >= 15 is 0 Å². The van der Waals surface area contributed by atoms with Crippen molar-refractivity contribution in [2.24, 2.45) is 0 Å².